The van der Waals surface area contributed by atoms with Gasteiger partial charge in [-0.2, -0.15) is 4.52 Å². The lowest BCUT2D eigenvalue weighted by Crippen LogP contribution is -2.32. The van der Waals surface area contributed by atoms with Crippen LogP contribution in [-0.2, 0) is 0 Å². The number of nitrogens with zero attached hydrogens (tertiary/aromatic N) is 4. The molecule has 0 aliphatic rings. The molecule has 2 heterocycles. The van der Waals surface area contributed by atoms with Crippen molar-refractivity contribution in [1.29, 1.82) is 0 Å². The van der Waals surface area contributed by atoms with Gasteiger partial charge in [-0.15, -0.1) is 15.3 Å². The number of halogens is 2. The molecule has 0 atom stereocenters. The maximum Gasteiger partial charge on any atom is 0.319 e. The average molecular weight is 443 g/mol. The van der Waals surface area contributed by atoms with E-state index < -0.39 is 0 Å². The molecular weight excluding hydrogens is 427 g/mol. The van der Waals surface area contributed by atoms with Crippen LogP contribution in [0.1, 0.15) is 0 Å². The highest BCUT2D eigenvalue weighted by atomic mass is 35.5. The van der Waals surface area contributed by atoms with Crippen molar-refractivity contribution in [2.75, 3.05) is 18.5 Å². The molecule has 0 saturated carbocycles. The molecule has 2 aromatic carbocycles. The highest BCUT2D eigenvalue weighted by Crippen LogP contribution is 2.25. The molecule has 0 aliphatic carbocycles. The molecule has 0 unspecified atom stereocenters. The standard InChI is InChI=1S/C20H16Cl2N6O2/c21-15-7-6-14(12-16(15)22)24-20(29)23-10-11-30-18-9-8-17-25-26-19(28(17)27-18)13-4-2-1-3-5-13/h1-9,12H,10-11H2,(H2,23,24,29). The minimum absolute atomic E-state index is 0.232. The molecule has 152 valence electrons. The fraction of sp³-hybridized carbons (Fsp3) is 0.100. The van der Waals surface area contributed by atoms with E-state index in [1.807, 2.05) is 30.3 Å². The Morgan fingerprint density at radius 2 is 1.83 bits per heavy atom. The highest BCUT2D eigenvalue weighted by molar-refractivity contribution is 6.42. The van der Waals surface area contributed by atoms with Crippen LogP contribution in [0.5, 0.6) is 5.88 Å². The molecule has 30 heavy (non-hydrogen) atoms. The molecule has 10 heteroatoms. The van der Waals surface area contributed by atoms with Gasteiger partial charge in [-0.1, -0.05) is 53.5 Å². The molecule has 0 saturated heterocycles. The molecule has 0 aliphatic heterocycles. The zero-order valence-electron chi connectivity index (χ0n) is 15.5. The molecule has 0 bridgehead atoms. The van der Waals surface area contributed by atoms with Crippen molar-refractivity contribution in [1.82, 2.24) is 25.1 Å². The molecule has 0 radical (unpaired) electrons. The topological polar surface area (TPSA) is 93.4 Å². The van der Waals surface area contributed by atoms with Gasteiger partial charge in [0.25, 0.3) is 0 Å². The van der Waals surface area contributed by atoms with Crippen LogP contribution in [0.15, 0.2) is 60.7 Å². The van der Waals surface area contributed by atoms with Crippen LogP contribution in [0.3, 0.4) is 0 Å². The number of anilines is 1. The fourth-order valence-electron chi connectivity index (χ4n) is 2.69. The summed E-state index contributed by atoms with van der Waals surface area (Å²) < 4.78 is 7.26. The normalized spacial score (nSPS) is 10.7. The van der Waals surface area contributed by atoms with E-state index in [0.29, 0.717) is 33.1 Å². The van der Waals surface area contributed by atoms with E-state index in [9.17, 15) is 4.79 Å². The average Bonchev–Trinajstić information content (AvgIpc) is 3.18. The van der Waals surface area contributed by atoms with Crippen molar-refractivity contribution >= 4 is 40.6 Å². The Morgan fingerprint density at radius 3 is 2.63 bits per heavy atom. The van der Waals surface area contributed by atoms with Gasteiger partial charge in [0.15, 0.2) is 11.5 Å². The van der Waals surface area contributed by atoms with E-state index in [-0.39, 0.29) is 19.2 Å². The summed E-state index contributed by atoms with van der Waals surface area (Å²) in [5.41, 5.74) is 2.05. The second kappa shape index (κ2) is 8.98. The van der Waals surface area contributed by atoms with Crippen LogP contribution in [0, 0.1) is 0 Å². The minimum atomic E-state index is -0.384. The van der Waals surface area contributed by atoms with Crippen molar-refractivity contribution in [2.45, 2.75) is 0 Å². The van der Waals surface area contributed by atoms with Gasteiger partial charge < -0.3 is 15.4 Å². The van der Waals surface area contributed by atoms with Crippen LogP contribution in [0.4, 0.5) is 10.5 Å². The lowest BCUT2D eigenvalue weighted by Gasteiger charge is -2.09. The Balaban J connectivity index is 1.32. The van der Waals surface area contributed by atoms with Crippen molar-refractivity contribution in [3.8, 4) is 17.3 Å². The SMILES string of the molecule is O=C(NCCOc1ccc2nnc(-c3ccccc3)n2n1)Nc1ccc(Cl)c(Cl)c1. The Morgan fingerprint density at radius 1 is 1.00 bits per heavy atom. The van der Waals surface area contributed by atoms with Gasteiger partial charge in [0.05, 0.1) is 16.6 Å². The summed E-state index contributed by atoms with van der Waals surface area (Å²) in [5.74, 6) is 1.02. The van der Waals surface area contributed by atoms with Crippen molar-refractivity contribution < 1.29 is 9.53 Å². The number of benzene rings is 2. The van der Waals surface area contributed by atoms with Gasteiger partial charge in [-0.05, 0) is 24.3 Å². The van der Waals surface area contributed by atoms with E-state index in [1.54, 1.807) is 34.8 Å². The van der Waals surface area contributed by atoms with Crippen LogP contribution in [0.2, 0.25) is 10.0 Å². The first kappa shape index (κ1) is 19.9. The molecule has 8 nitrogen and oxygen atoms in total. The molecular formula is C20H16Cl2N6O2. The molecule has 4 aromatic rings. The van der Waals surface area contributed by atoms with Crippen LogP contribution >= 0.6 is 23.2 Å². The third-order valence-electron chi connectivity index (χ3n) is 4.09. The largest absolute Gasteiger partial charge is 0.475 e. The second-order valence-corrected chi connectivity index (χ2v) is 7.00. The maximum absolute atomic E-state index is 12.0. The summed E-state index contributed by atoms with van der Waals surface area (Å²) in [6.45, 7) is 0.511. The van der Waals surface area contributed by atoms with Gasteiger partial charge in [-0.3, -0.25) is 0 Å². The lowest BCUT2D eigenvalue weighted by atomic mass is 10.2. The van der Waals surface area contributed by atoms with Crippen molar-refractivity contribution in [3.63, 3.8) is 0 Å². The molecule has 2 N–H and O–H groups in total. The number of hydrogen-bond donors (Lipinski definition) is 2. The number of amides is 2. The Kier molecular flexibility index (Phi) is 5.97. The predicted octanol–water partition coefficient (Wildman–Crippen LogP) is 4.30. The molecule has 2 amide bonds. The van der Waals surface area contributed by atoms with Crippen molar-refractivity contribution in [2.24, 2.45) is 0 Å². The minimum Gasteiger partial charge on any atom is -0.475 e. The van der Waals surface area contributed by atoms with Gasteiger partial charge >= 0.3 is 6.03 Å². The smallest absolute Gasteiger partial charge is 0.319 e. The van der Waals surface area contributed by atoms with Crippen LogP contribution < -0.4 is 15.4 Å². The quantitative estimate of drug-likeness (QED) is 0.434. The summed E-state index contributed by atoms with van der Waals surface area (Å²) in [6, 6.07) is 17.6. The number of ether oxygens (including phenoxy) is 1. The van der Waals surface area contributed by atoms with Gasteiger partial charge in [-0.25, -0.2) is 4.79 Å². The van der Waals surface area contributed by atoms with Gasteiger partial charge in [0, 0.05) is 17.3 Å². The number of aromatic nitrogens is 4. The second-order valence-electron chi connectivity index (χ2n) is 6.19. The van der Waals surface area contributed by atoms with Crippen LogP contribution in [-0.4, -0.2) is 39.0 Å². The lowest BCUT2D eigenvalue weighted by molar-refractivity contribution is 0.246. The molecule has 4 rings (SSSR count). The number of carbonyl (C=O) groups is 1. The van der Waals surface area contributed by atoms with E-state index in [0.717, 1.165) is 5.56 Å². The third kappa shape index (κ3) is 4.61. The van der Waals surface area contributed by atoms with E-state index >= 15 is 0 Å². The third-order valence-corrected chi connectivity index (χ3v) is 4.82. The number of nitrogens with one attached hydrogen (secondary N) is 2. The zero-order valence-corrected chi connectivity index (χ0v) is 17.1. The molecule has 0 spiro atoms. The Hall–Kier alpha value is -3.36. The predicted molar refractivity (Wildman–Crippen MR) is 115 cm³/mol. The zero-order chi connectivity index (χ0) is 20.9. The number of fused-ring (bicyclic) bond motifs is 1. The van der Waals surface area contributed by atoms with Crippen molar-refractivity contribution in [3.05, 3.63) is 70.7 Å². The highest BCUT2D eigenvalue weighted by Gasteiger charge is 2.10. The Labute approximate surface area is 181 Å². The first-order chi connectivity index (χ1) is 14.6. The number of rotatable bonds is 6. The Bertz CT molecular complexity index is 1180. The summed E-state index contributed by atoms with van der Waals surface area (Å²) in [4.78, 5) is 12.0. The summed E-state index contributed by atoms with van der Waals surface area (Å²) >= 11 is 11.8. The van der Waals surface area contributed by atoms with E-state index in [1.165, 1.54) is 0 Å². The first-order valence-corrected chi connectivity index (χ1v) is 9.76. The summed E-state index contributed by atoms with van der Waals surface area (Å²) in [6.07, 6.45) is 0. The molecule has 2 aromatic heterocycles. The number of carbonyl (C=O) groups excluding carboxylic acids is 1. The van der Waals surface area contributed by atoms with E-state index in [4.69, 9.17) is 27.9 Å². The number of hydrogen-bond acceptors (Lipinski definition) is 5. The molecule has 0 fully saturated rings. The van der Waals surface area contributed by atoms with Gasteiger partial charge in [0.1, 0.15) is 6.61 Å². The summed E-state index contributed by atoms with van der Waals surface area (Å²) in [5, 5.41) is 18.9. The van der Waals surface area contributed by atoms with Crippen LogP contribution in [0.25, 0.3) is 17.0 Å². The maximum atomic E-state index is 12.0. The van der Waals surface area contributed by atoms with Gasteiger partial charge in [0.2, 0.25) is 5.88 Å². The van der Waals surface area contributed by atoms with E-state index in [2.05, 4.69) is 25.9 Å². The number of urea groups is 1. The summed E-state index contributed by atoms with van der Waals surface area (Å²) in [7, 11) is 0. The first-order valence-electron chi connectivity index (χ1n) is 9.01. The fourth-order valence-corrected chi connectivity index (χ4v) is 2.98. The monoisotopic (exact) mass is 442 g/mol.